The Balaban J connectivity index is 1.53. The molecule has 0 bridgehead atoms. The van der Waals surface area contributed by atoms with Gasteiger partial charge in [-0.2, -0.15) is 5.10 Å². The molecular weight excluding hydrogens is 370 g/mol. The highest BCUT2D eigenvalue weighted by atomic mass is 32.1. The van der Waals surface area contributed by atoms with Gasteiger partial charge in [0, 0.05) is 12.6 Å². The number of carbonyl (C=O) groups is 2. The van der Waals surface area contributed by atoms with Crippen molar-refractivity contribution in [3.8, 4) is 10.6 Å². The van der Waals surface area contributed by atoms with Gasteiger partial charge in [-0.05, 0) is 35.7 Å². The number of benzene rings is 1. The molecule has 0 saturated heterocycles. The highest BCUT2D eigenvalue weighted by Crippen LogP contribution is 2.29. The van der Waals surface area contributed by atoms with Crippen molar-refractivity contribution < 1.29 is 9.59 Å². The Morgan fingerprint density at radius 3 is 2.81 bits per heavy atom. The zero-order valence-corrected chi connectivity index (χ0v) is 15.2. The van der Waals surface area contributed by atoms with E-state index in [-0.39, 0.29) is 11.8 Å². The molecule has 26 heavy (non-hydrogen) atoms. The van der Waals surface area contributed by atoms with Gasteiger partial charge in [-0.15, -0.1) is 11.3 Å². The second-order valence-corrected chi connectivity index (χ2v) is 7.46. The fourth-order valence-electron chi connectivity index (χ4n) is 2.40. The Morgan fingerprint density at radius 2 is 2.04 bits per heavy atom. The van der Waals surface area contributed by atoms with Crippen LogP contribution in [0.4, 0.5) is 10.8 Å². The number of aromatic nitrogens is 3. The van der Waals surface area contributed by atoms with Gasteiger partial charge in [-0.1, -0.05) is 17.4 Å². The summed E-state index contributed by atoms with van der Waals surface area (Å²) in [6.07, 6.45) is 0. The fraction of sp³-hybridized carbons (Fsp3) is 0.0588. The first-order chi connectivity index (χ1) is 12.6. The van der Waals surface area contributed by atoms with E-state index in [4.69, 9.17) is 0 Å². The SMILES string of the molecule is CC(=O)Nc1nc2ccc(NC(=O)c3cc(-c4cccs4)[nH]n3)cc2s1. The van der Waals surface area contributed by atoms with Crippen LogP contribution in [0.5, 0.6) is 0 Å². The second-order valence-electron chi connectivity index (χ2n) is 5.48. The summed E-state index contributed by atoms with van der Waals surface area (Å²) in [4.78, 5) is 28.9. The predicted molar refractivity (Wildman–Crippen MR) is 104 cm³/mol. The zero-order valence-electron chi connectivity index (χ0n) is 13.6. The van der Waals surface area contributed by atoms with Crippen molar-refractivity contribution in [2.45, 2.75) is 6.92 Å². The Labute approximate surface area is 156 Å². The predicted octanol–water partition coefficient (Wildman–Crippen LogP) is 3.96. The molecule has 9 heteroatoms. The molecule has 1 aromatic carbocycles. The van der Waals surface area contributed by atoms with E-state index < -0.39 is 0 Å². The molecule has 4 aromatic rings. The van der Waals surface area contributed by atoms with Crippen molar-refractivity contribution in [1.82, 2.24) is 15.2 Å². The van der Waals surface area contributed by atoms with Crippen molar-refractivity contribution in [3.05, 3.63) is 47.5 Å². The number of aromatic amines is 1. The van der Waals surface area contributed by atoms with E-state index in [2.05, 4.69) is 25.8 Å². The van der Waals surface area contributed by atoms with Crippen LogP contribution >= 0.6 is 22.7 Å². The van der Waals surface area contributed by atoms with Crippen LogP contribution < -0.4 is 10.6 Å². The van der Waals surface area contributed by atoms with Gasteiger partial charge in [0.15, 0.2) is 10.8 Å². The van der Waals surface area contributed by atoms with Crippen molar-refractivity contribution >= 4 is 55.5 Å². The summed E-state index contributed by atoms with van der Waals surface area (Å²) in [7, 11) is 0. The van der Waals surface area contributed by atoms with Crippen LogP contribution in [0.2, 0.25) is 0 Å². The Morgan fingerprint density at radius 1 is 1.15 bits per heavy atom. The van der Waals surface area contributed by atoms with Gasteiger partial charge in [-0.3, -0.25) is 14.7 Å². The number of thiophene rings is 1. The zero-order chi connectivity index (χ0) is 18.1. The standard InChI is InChI=1S/C17H13N5O2S2/c1-9(23)18-17-20-11-5-4-10(7-15(11)26-17)19-16(24)13-8-12(21-22-13)14-3-2-6-25-14/h2-8H,1H3,(H,19,24)(H,21,22)(H,18,20,23). The van der Waals surface area contributed by atoms with Crippen molar-refractivity contribution in [3.63, 3.8) is 0 Å². The van der Waals surface area contributed by atoms with Gasteiger partial charge < -0.3 is 10.6 Å². The Kier molecular flexibility index (Phi) is 4.23. The summed E-state index contributed by atoms with van der Waals surface area (Å²) in [5, 5.41) is 15.0. The molecule has 130 valence electrons. The minimum absolute atomic E-state index is 0.169. The van der Waals surface area contributed by atoms with Crippen molar-refractivity contribution in [2.24, 2.45) is 0 Å². The molecule has 2 amide bonds. The van der Waals surface area contributed by atoms with Crippen molar-refractivity contribution in [2.75, 3.05) is 10.6 Å². The van der Waals surface area contributed by atoms with E-state index in [1.165, 1.54) is 18.3 Å². The first-order valence-corrected chi connectivity index (χ1v) is 9.37. The number of H-pyrrole nitrogens is 1. The molecule has 3 heterocycles. The van der Waals surface area contributed by atoms with Crippen LogP contribution in [0.15, 0.2) is 41.8 Å². The smallest absolute Gasteiger partial charge is 0.276 e. The molecule has 0 aliphatic rings. The van der Waals surface area contributed by atoms with Crippen LogP contribution in [0.3, 0.4) is 0 Å². The first-order valence-electron chi connectivity index (χ1n) is 7.67. The minimum atomic E-state index is -0.296. The van der Waals surface area contributed by atoms with Gasteiger partial charge >= 0.3 is 0 Å². The monoisotopic (exact) mass is 383 g/mol. The summed E-state index contributed by atoms with van der Waals surface area (Å²) in [6, 6.07) is 11.0. The molecule has 0 spiro atoms. The lowest BCUT2D eigenvalue weighted by Gasteiger charge is -2.02. The number of carbonyl (C=O) groups excluding carboxylic acids is 2. The minimum Gasteiger partial charge on any atom is -0.321 e. The maximum atomic E-state index is 12.4. The number of fused-ring (bicyclic) bond motifs is 1. The molecule has 3 N–H and O–H groups in total. The quantitative estimate of drug-likeness (QED) is 0.497. The third kappa shape index (κ3) is 3.35. The number of anilines is 2. The first kappa shape index (κ1) is 16.4. The van der Waals surface area contributed by atoms with Crippen LogP contribution in [0.25, 0.3) is 20.8 Å². The highest BCUT2D eigenvalue weighted by Gasteiger charge is 2.13. The molecule has 7 nitrogen and oxygen atoms in total. The normalized spacial score (nSPS) is 10.8. The van der Waals surface area contributed by atoms with Gasteiger partial charge in [0.05, 0.1) is 20.8 Å². The molecular formula is C17H13N5O2S2. The number of hydrogen-bond donors (Lipinski definition) is 3. The molecule has 4 rings (SSSR count). The molecule has 0 aliphatic carbocycles. The lowest BCUT2D eigenvalue weighted by molar-refractivity contribution is -0.114. The van der Waals surface area contributed by atoms with Gasteiger partial charge in [0.2, 0.25) is 5.91 Å². The maximum absolute atomic E-state index is 12.4. The third-order valence-corrected chi connectivity index (χ3v) is 5.36. The number of hydrogen-bond acceptors (Lipinski definition) is 6. The summed E-state index contributed by atoms with van der Waals surface area (Å²) in [6.45, 7) is 1.44. The van der Waals surface area contributed by atoms with E-state index in [1.807, 2.05) is 23.6 Å². The number of rotatable bonds is 4. The maximum Gasteiger partial charge on any atom is 0.276 e. The Hall–Kier alpha value is -3.04. The Bertz CT molecular complexity index is 1100. The topological polar surface area (TPSA) is 99.8 Å². The van der Waals surface area contributed by atoms with Gasteiger partial charge in [0.25, 0.3) is 5.91 Å². The number of thiazole rings is 1. The molecule has 0 atom stereocenters. The van der Waals surface area contributed by atoms with Crippen LogP contribution in [-0.4, -0.2) is 27.0 Å². The summed E-state index contributed by atoms with van der Waals surface area (Å²) in [5.74, 6) is -0.465. The number of nitrogens with one attached hydrogen (secondary N) is 3. The van der Waals surface area contributed by atoms with Crippen LogP contribution in [0.1, 0.15) is 17.4 Å². The highest BCUT2D eigenvalue weighted by molar-refractivity contribution is 7.22. The average Bonchev–Trinajstić information content (AvgIpc) is 3.33. The molecule has 0 fully saturated rings. The molecule has 0 radical (unpaired) electrons. The van der Waals surface area contributed by atoms with Gasteiger partial charge in [-0.25, -0.2) is 4.98 Å². The summed E-state index contributed by atoms with van der Waals surface area (Å²) < 4.78 is 0.868. The van der Waals surface area contributed by atoms with E-state index >= 15 is 0 Å². The van der Waals surface area contributed by atoms with E-state index in [1.54, 1.807) is 29.5 Å². The lowest BCUT2D eigenvalue weighted by atomic mass is 10.2. The van der Waals surface area contributed by atoms with Gasteiger partial charge in [0.1, 0.15) is 0 Å². The largest absolute Gasteiger partial charge is 0.321 e. The third-order valence-electron chi connectivity index (χ3n) is 3.53. The molecule has 0 aliphatic heterocycles. The number of nitrogens with zero attached hydrogens (tertiary/aromatic N) is 2. The second kappa shape index (κ2) is 6.70. The molecule has 0 unspecified atom stereocenters. The fourth-order valence-corrected chi connectivity index (χ4v) is 4.04. The van der Waals surface area contributed by atoms with Crippen molar-refractivity contribution in [1.29, 1.82) is 0 Å². The summed E-state index contributed by atoms with van der Waals surface area (Å²) >= 11 is 2.92. The molecule has 3 aromatic heterocycles. The average molecular weight is 383 g/mol. The summed E-state index contributed by atoms with van der Waals surface area (Å²) in [5.41, 5.74) is 2.53. The van der Waals surface area contributed by atoms with E-state index in [0.717, 1.165) is 20.8 Å². The van der Waals surface area contributed by atoms with Crippen LogP contribution in [-0.2, 0) is 4.79 Å². The van der Waals surface area contributed by atoms with E-state index in [9.17, 15) is 9.59 Å². The molecule has 0 saturated carbocycles. The van der Waals surface area contributed by atoms with E-state index in [0.29, 0.717) is 16.5 Å². The number of amides is 2. The lowest BCUT2D eigenvalue weighted by Crippen LogP contribution is -2.12. The van der Waals surface area contributed by atoms with Crippen LogP contribution in [0, 0.1) is 0 Å².